The molecule has 0 saturated heterocycles. The van der Waals surface area contributed by atoms with Gasteiger partial charge in [-0.2, -0.15) is 0 Å². The predicted octanol–water partition coefficient (Wildman–Crippen LogP) is 1.36. The molecule has 1 aromatic rings. The van der Waals surface area contributed by atoms with Crippen LogP contribution in [0.25, 0.3) is 0 Å². The van der Waals surface area contributed by atoms with Crippen LogP contribution >= 0.6 is 0 Å². The zero-order valence-electron chi connectivity index (χ0n) is 9.63. The van der Waals surface area contributed by atoms with Crippen LogP contribution in [0.15, 0.2) is 12.1 Å². The molecule has 1 amide bonds. The summed E-state index contributed by atoms with van der Waals surface area (Å²) >= 11 is 0. The summed E-state index contributed by atoms with van der Waals surface area (Å²) in [6.45, 7) is 0.338. The fraction of sp³-hybridized carbons (Fsp3) is 0.417. The number of halogens is 1. The van der Waals surface area contributed by atoms with E-state index < -0.39 is 5.82 Å². The van der Waals surface area contributed by atoms with Crippen LogP contribution in [0.1, 0.15) is 23.6 Å². The Morgan fingerprint density at radius 2 is 2.29 bits per heavy atom. The molecular formula is C12H15FN2O2. The zero-order valence-corrected chi connectivity index (χ0v) is 9.63. The van der Waals surface area contributed by atoms with Crippen molar-refractivity contribution in [3.05, 3.63) is 29.1 Å². The average Bonchev–Trinajstić information content (AvgIpc) is 2.30. The Hall–Kier alpha value is -1.46. The molecule has 0 fully saturated rings. The minimum Gasteiger partial charge on any atom is -0.383 e. The van der Waals surface area contributed by atoms with Gasteiger partial charge in [0.05, 0.1) is 18.3 Å². The van der Waals surface area contributed by atoms with E-state index in [0.29, 0.717) is 25.0 Å². The van der Waals surface area contributed by atoms with E-state index in [1.165, 1.54) is 6.07 Å². The monoisotopic (exact) mass is 238 g/mol. The standard InChI is InChI=1S/C12H15FN2O2/c1-17-6-10(14)8-4-7-2-3-11(16)15-12(7)9(13)5-8/h4-5,10H,2-3,6,14H2,1H3,(H,15,16). The average molecular weight is 238 g/mol. The zero-order chi connectivity index (χ0) is 12.4. The first-order valence-electron chi connectivity index (χ1n) is 5.48. The fourth-order valence-electron chi connectivity index (χ4n) is 1.96. The van der Waals surface area contributed by atoms with E-state index in [1.807, 2.05) is 6.07 Å². The molecule has 0 aliphatic carbocycles. The van der Waals surface area contributed by atoms with Crippen molar-refractivity contribution in [3.63, 3.8) is 0 Å². The summed E-state index contributed by atoms with van der Waals surface area (Å²) in [6.07, 6.45) is 0.932. The highest BCUT2D eigenvalue weighted by molar-refractivity contribution is 5.94. The van der Waals surface area contributed by atoms with Crippen molar-refractivity contribution in [3.8, 4) is 0 Å². The minimum atomic E-state index is -0.433. The summed E-state index contributed by atoms with van der Waals surface area (Å²) in [5, 5.41) is 2.54. The van der Waals surface area contributed by atoms with Gasteiger partial charge >= 0.3 is 0 Å². The number of aryl methyl sites for hydroxylation is 1. The molecule has 92 valence electrons. The lowest BCUT2D eigenvalue weighted by Gasteiger charge is -2.20. The van der Waals surface area contributed by atoms with E-state index in [2.05, 4.69) is 5.32 Å². The van der Waals surface area contributed by atoms with Gasteiger partial charge in [0.2, 0.25) is 5.91 Å². The Labute approximate surface area is 98.9 Å². The van der Waals surface area contributed by atoms with Gasteiger partial charge in [0, 0.05) is 13.5 Å². The highest BCUT2D eigenvalue weighted by Gasteiger charge is 2.20. The summed E-state index contributed by atoms with van der Waals surface area (Å²) in [4.78, 5) is 11.2. The van der Waals surface area contributed by atoms with E-state index in [4.69, 9.17) is 10.5 Å². The molecular weight excluding hydrogens is 223 g/mol. The lowest BCUT2D eigenvalue weighted by molar-refractivity contribution is -0.116. The molecule has 17 heavy (non-hydrogen) atoms. The molecule has 1 aromatic carbocycles. The number of hydrogen-bond acceptors (Lipinski definition) is 3. The molecule has 1 aliphatic rings. The van der Waals surface area contributed by atoms with E-state index >= 15 is 0 Å². The van der Waals surface area contributed by atoms with Crippen LogP contribution in [-0.2, 0) is 16.0 Å². The molecule has 0 aromatic heterocycles. The number of carbonyl (C=O) groups excluding carboxylic acids is 1. The largest absolute Gasteiger partial charge is 0.383 e. The Balaban J connectivity index is 2.34. The van der Waals surface area contributed by atoms with Crippen molar-refractivity contribution in [2.24, 2.45) is 5.73 Å². The Bertz CT molecular complexity index is 448. The molecule has 1 atom stereocenters. The molecule has 0 spiro atoms. The Morgan fingerprint density at radius 3 is 3.00 bits per heavy atom. The Morgan fingerprint density at radius 1 is 1.53 bits per heavy atom. The van der Waals surface area contributed by atoms with Gasteiger partial charge in [0.15, 0.2) is 0 Å². The molecule has 3 N–H and O–H groups in total. The van der Waals surface area contributed by atoms with Crippen LogP contribution in [0.2, 0.25) is 0 Å². The Kier molecular flexibility index (Phi) is 3.40. The van der Waals surface area contributed by atoms with Crippen LogP contribution < -0.4 is 11.1 Å². The maximum Gasteiger partial charge on any atom is 0.224 e. The topological polar surface area (TPSA) is 64.3 Å². The van der Waals surface area contributed by atoms with Crippen LogP contribution in [0.4, 0.5) is 10.1 Å². The molecule has 1 heterocycles. The molecule has 0 radical (unpaired) electrons. The second-order valence-corrected chi connectivity index (χ2v) is 4.15. The first kappa shape index (κ1) is 12.0. The third-order valence-electron chi connectivity index (χ3n) is 2.85. The minimum absolute atomic E-state index is 0.148. The first-order valence-corrected chi connectivity index (χ1v) is 5.48. The molecule has 2 rings (SSSR count). The normalized spacial score (nSPS) is 16.3. The van der Waals surface area contributed by atoms with E-state index in [-0.39, 0.29) is 17.6 Å². The van der Waals surface area contributed by atoms with Gasteiger partial charge in [0.1, 0.15) is 5.82 Å². The second-order valence-electron chi connectivity index (χ2n) is 4.15. The number of anilines is 1. The number of fused-ring (bicyclic) bond motifs is 1. The van der Waals surface area contributed by atoms with Gasteiger partial charge in [-0.1, -0.05) is 6.07 Å². The van der Waals surface area contributed by atoms with Gasteiger partial charge in [-0.25, -0.2) is 4.39 Å². The molecule has 5 heteroatoms. The number of benzene rings is 1. The number of amides is 1. The van der Waals surface area contributed by atoms with E-state index in [0.717, 1.165) is 5.56 Å². The summed E-state index contributed by atoms with van der Waals surface area (Å²) in [5.74, 6) is -0.581. The van der Waals surface area contributed by atoms with E-state index in [1.54, 1.807) is 7.11 Å². The van der Waals surface area contributed by atoms with Gasteiger partial charge in [-0.15, -0.1) is 0 Å². The molecule has 0 saturated carbocycles. The van der Waals surface area contributed by atoms with Crippen molar-refractivity contribution in [2.45, 2.75) is 18.9 Å². The fourth-order valence-corrected chi connectivity index (χ4v) is 1.96. The number of carbonyl (C=O) groups is 1. The van der Waals surface area contributed by atoms with Crippen LogP contribution in [0.3, 0.4) is 0 Å². The number of nitrogens with two attached hydrogens (primary N) is 1. The molecule has 1 aliphatic heterocycles. The number of hydrogen-bond donors (Lipinski definition) is 2. The second kappa shape index (κ2) is 4.81. The van der Waals surface area contributed by atoms with Crippen LogP contribution in [0.5, 0.6) is 0 Å². The van der Waals surface area contributed by atoms with Crippen molar-refractivity contribution in [1.82, 2.24) is 0 Å². The van der Waals surface area contributed by atoms with Crippen molar-refractivity contribution < 1.29 is 13.9 Å². The summed E-state index contributed by atoms with van der Waals surface area (Å²) in [5.41, 5.74) is 7.63. The predicted molar refractivity (Wildman–Crippen MR) is 62.2 cm³/mol. The summed E-state index contributed by atoms with van der Waals surface area (Å²) < 4.78 is 18.7. The number of ether oxygens (including phenoxy) is 1. The highest BCUT2D eigenvalue weighted by Crippen LogP contribution is 2.28. The molecule has 1 unspecified atom stereocenters. The lowest BCUT2D eigenvalue weighted by Crippen LogP contribution is -2.22. The maximum absolute atomic E-state index is 13.8. The summed E-state index contributed by atoms with van der Waals surface area (Å²) in [7, 11) is 1.55. The van der Waals surface area contributed by atoms with Gasteiger partial charge in [0.25, 0.3) is 0 Å². The quantitative estimate of drug-likeness (QED) is 0.835. The van der Waals surface area contributed by atoms with Crippen molar-refractivity contribution in [2.75, 3.05) is 19.0 Å². The number of methoxy groups -OCH3 is 1. The van der Waals surface area contributed by atoms with Gasteiger partial charge in [-0.3, -0.25) is 4.79 Å². The van der Waals surface area contributed by atoms with Gasteiger partial charge < -0.3 is 15.8 Å². The van der Waals surface area contributed by atoms with Crippen LogP contribution in [-0.4, -0.2) is 19.6 Å². The third-order valence-corrected chi connectivity index (χ3v) is 2.85. The number of rotatable bonds is 3. The van der Waals surface area contributed by atoms with Gasteiger partial charge in [-0.05, 0) is 23.6 Å². The molecule has 0 bridgehead atoms. The summed E-state index contributed by atoms with van der Waals surface area (Å²) in [6, 6.07) is 2.84. The third kappa shape index (κ3) is 2.45. The lowest BCUT2D eigenvalue weighted by atomic mass is 9.97. The maximum atomic E-state index is 13.8. The molecule has 4 nitrogen and oxygen atoms in total. The highest BCUT2D eigenvalue weighted by atomic mass is 19.1. The van der Waals surface area contributed by atoms with E-state index in [9.17, 15) is 9.18 Å². The number of nitrogens with one attached hydrogen (secondary N) is 1. The first-order chi connectivity index (χ1) is 8.11. The van der Waals surface area contributed by atoms with Crippen LogP contribution in [0, 0.1) is 5.82 Å². The van der Waals surface area contributed by atoms with Crippen molar-refractivity contribution in [1.29, 1.82) is 0 Å². The van der Waals surface area contributed by atoms with Crippen molar-refractivity contribution >= 4 is 11.6 Å². The SMILES string of the molecule is COCC(N)c1cc(F)c2c(c1)CCC(=O)N2. The smallest absolute Gasteiger partial charge is 0.224 e.